The lowest BCUT2D eigenvalue weighted by molar-refractivity contribution is -0.137. The smallest absolute Gasteiger partial charge is 0.255 e. The van der Waals surface area contributed by atoms with Crippen molar-refractivity contribution in [3.8, 4) is 0 Å². The van der Waals surface area contributed by atoms with E-state index in [1.54, 1.807) is 54.7 Å². The van der Waals surface area contributed by atoms with Gasteiger partial charge in [0.25, 0.3) is 5.91 Å². The third-order valence-corrected chi connectivity index (χ3v) is 7.57. The minimum absolute atomic E-state index is 0.130. The zero-order valence-electron chi connectivity index (χ0n) is 23.2. The number of imide groups is 1. The van der Waals surface area contributed by atoms with E-state index >= 15 is 0 Å². The van der Waals surface area contributed by atoms with Crippen LogP contribution in [-0.2, 0) is 25.7 Å². The molecule has 2 atom stereocenters. The number of amides is 4. The Morgan fingerprint density at radius 1 is 1.12 bits per heavy atom. The van der Waals surface area contributed by atoms with Crippen LogP contribution >= 0.6 is 0 Å². The average molecular weight is 574 g/mol. The number of benzene rings is 2. The molecule has 3 aromatic rings. The van der Waals surface area contributed by atoms with Gasteiger partial charge in [-0.3, -0.25) is 29.5 Å². The monoisotopic (exact) mass is 573 g/mol. The minimum Gasteiger partial charge on any atom is -0.382 e. The highest BCUT2D eigenvalue weighted by molar-refractivity contribution is 6.06. The van der Waals surface area contributed by atoms with E-state index < -0.39 is 18.0 Å². The minimum atomic E-state index is -0.671. The fourth-order valence-corrected chi connectivity index (χ4v) is 5.41. The van der Waals surface area contributed by atoms with E-state index in [9.17, 15) is 23.6 Å². The highest BCUT2D eigenvalue weighted by Crippen LogP contribution is 2.32. The van der Waals surface area contributed by atoms with E-state index in [0.29, 0.717) is 25.1 Å². The Hall–Kier alpha value is -4.64. The number of anilines is 1. The lowest BCUT2D eigenvalue weighted by Crippen LogP contribution is -2.52. The normalized spacial score (nSPS) is 17.0. The van der Waals surface area contributed by atoms with Crippen molar-refractivity contribution in [2.75, 3.05) is 32.1 Å². The van der Waals surface area contributed by atoms with Gasteiger partial charge in [0.1, 0.15) is 11.9 Å². The molecule has 11 heteroatoms. The maximum atomic E-state index is 13.5. The van der Waals surface area contributed by atoms with Crippen LogP contribution in [0.15, 0.2) is 67.0 Å². The van der Waals surface area contributed by atoms with Crippen LogP contribution < -0.4 is 10.6 Å². The van der Waals surface area contributed by atoms with Gasteiger partial charge in [-0.2, -0.15) is 0 Å². The summed E-state index contributed by atoms with van der Waals surface area (Å²) in [5.74, 6) is -1.48. The third kappa shape index (κ3) is 6.31. The van der Waals surface area contributed by atoms with Gasteiger partial charge in [-0.25, -0.2) is 4.39 Å². The molecule has 1 fully saturated rings. The Labute approximate surface area is 242 Å². The van der Waals surface area contributed by atoms with Crippen LogP contribution in [0, 0.1) is 5.82 Å². The molecule has 0 aliphatic carbocycles. The van der Waals surface area contributed by atoms with Gasteiger partial charge in [-0.1, -0.05) is 24.3 Å². The summed E-state index contributed by atoms with van der Waals surface area (Å²) in [5.41, 5.74) is 3.69. The molecule has 3 heterocycles. The lowest BCUT2D eigenvalue weighted by Gasteiger charge is -2.29. The second-order valence-electron chi connectivity index (χ2n) is 10.3. The van der Waals surface area contributed by atoms with Crippen LogP contribution in [-0.4, -0.2) is 71.3 Å². The number of carbonyl (C=O) groups excluding carboxylic acids is 4. The maximum absolute atomic E-state index is 13.5. The van der Waals surface area contributed by atoms with Crippen molar-refractivity contribution in [2.24, 2.45) is 0 Å². The number of nitrogens with zero attached hydrogens (tertiary/aromatic N) is 3. The molecule has 0 saturated carbocycles. The summed E-state index contributed by atoms with van der Waals surface area (Å²) in [7, 11) is 1.71. The first kappa shape index (κ1) is 28.9. The molecule has 2 N–H and O–H groups in total. The van der Waals surface area contributed by atoms with Crippen LogP contribution in [0.5, 0.6) is 0 Å². The molecule has 0 radical (unpaired) electrons. The number of piperidine rings is 1. The zero-order valence-corrected chi connectivity index (χ0v) is 23.2. The van der Waals surface area contributed by atoms with Gasteiger partial charge in [-0.15, -0.1) is 0 Å². The maximum Gasteiger partial charge on any atom is 0.255 e. The first-order chi connectivity index (χ1) is 20.3. The van der Waals surface area contributed by atoms with E-state index in [-0.39, 0.29) is 49.5 Å². The summed E-state index contributed by atoms with van der Waals surface area (Å²) >= 11 is 0. The summed E-state index contributed by atoms with van der Waals surface area (Å²) in [6, 6.07) is 14.0. The zero-order chi connectivity index (χ0) is 29.6. The van der Waals surface area contributed by atoms with Gasteiger partial charge < -0.3 is 19.9 Å². The summed E-state index contributed by atoms with van der Waals surface area (Å²) in [6.07, 6.45) is 4.02. The molecule has 1 saturated heterocycles. The third-order valence-electron chi connectivity index (χ3n) is 7.57. The largest absolute Gasteiger partial charge is 0.382 e. The summed E-state index contributed by atoms with van der Waals surface area (Å²) in [5, 5.41) is 5.61. The highest BCUT2D eigenvalue weighted by Gasteiger charge is 2.39. The molecule has 2 aliphatic rings. The van der Waals surface area contributed by atoms with Gasteiger partial charge in [-0.05, 0) is 47.9 Å². The van der Waals surface area contributed by atoms with E-state index in [4.69, 9.17) is 4.74 Å². The van der Waals surface area contributed by atoms with Crippen molar-refractivity contribution in [2.45, 2.75) is 37.9 Å². The quantitative estimate of drug-likeness (QED) is 0.267. The summed E-state index contributed by atoms with van der Waals surface area (Å²) in [6.45, 7) is 1.26. The molecule has 10 nitrogen and oxygen atoms in total. The molecular formula is C31H32FN5O5. The number of ether oxygens (including phenoxy) is 1. The van der Waals surface area contributed by atoms with Gasteiger partial charge >= 0.3 is 0 Å². The summed E-state index contributed by atoms with van der Waals surface area (Å²) < 4.78 is 19.3. The molecule has 0 bridgehead atoms. The average Bonchev–Trinajstić information content (AvgIpc) is 3.33. The molecule has 1 aromatic heterocycles. The van der Waals surface area contributed by atoms with Crippen LogP contribution in [0.2, 0.25) is 0 Å². The van der Waals surface area contributed by atoms with Gasteiger partial charge in [0.15, 0.2) is 0 Å². The van der Waals surface area contributed by atoms with Crippen LogP contribution in [0.4, 0.5) is 10.1 Å². The SMILES string of the molecule is CN(C(=O)CCOCCNc1cccc2c1CN([C@H]1CCC(=O)NC1=O)C2=O)C(c1ccc(F)cc1)c1cccnc1. The van der Waals surface area contributed by atoms with Crippen molar-refractivity contribution in [3.05, 3.63) is 95.1 Å². The first-order valence-electron chi connectivity index (χ1n) is 13.8. The van der Waals surface area contributed by atoms with E-state index in [1.165, 1.54) is 17.0 Å². The number of hydrogen-bond acceptors (Lipinski definition) is 7. The van der Waals surface area contributed by atoms with Crippen molar-refractivity contribution >= 4 is 29.3 Å². The Bertz CT molecular complexity index is 1470. The predicted molar refractivity (Wildman–Crippen MR) is 152 cm³/mol. The molecule has 0 spiro atoms. The molecular weight excluding hydrogens is 541 g/mol. The van der Waals surface area contributed by atoms with Gasteiger partial charge in [0.05, 0.1) is 25.7 Å². The number of nitrogens with one attached hydrogen (secondary N) is 2. The molecule has 218 valence electrons. The van der Waals surface area contributed by atoms with E-state index in [2.05, 4.69) is 15.6 Å². The number of carbonyl (C=O) groups is 4. The second-order valence-corrected chi connectivity index (χ2v) is 10.3. The van der Waals surface area contributed by atoms with Crippen LogP contribution in [0.1, 0.15) is 52.4 Å². The molecule has 2 aromatic carbocycles. The standard InChI is InChI=1S/C31H32FN5O5/c1-36(29(21-4-3-14-33-18-21)20-7-9-22(32)10-8-20)28(39)13-16-42-17-15-34-25-6-2-5-23-24(25)19-37(31(23)41)26-11-12-27(38)35-30(26)40/h2-10,14,18,26,29,34H,11-13,15-17,19H2,1H3,(H,35,38,40)/t26-,29?/m0/s1. The Kier molecular flexibility index (Phi) is 8.87. The molecule has 42 heavy (non-hydrogen) atoms. The fourth-order valence-electron chi connectivity index (χ4n) is 5.41. The van der Waals surface area contributed by atoms with Crippen molar-refractivity contribution in [1.29, 1.82) is 0 Å². The number of fused-ring (bicyclic) bond motifs is 1. The van der Waals surface area contributed by atoms with Crippen molar-refractivity contribution in [1.82, 2.24) is 20.1 Å². The Morgan fingerprint density at radius 3 is 2.67 bits per heavy atom. The number of hydrogen-bond donors (Lipinski definition) is 2. The first-order valence-corrected chi connectivity index (χ1v) is 13.8. The molecule has 2 aliphatic heterocycles. The second kappa shape index (κ2) is 12.9. The molecule has 5 rings (SSSR count). The van der Waals surface area contributed by atoms with Crippen molar-refractivity contribution in [3.63, 3.8) is 0 Å². The fraction of sp³-hybridized carbons (Fsp3) is 0.323. The van der Waals surface area contributed by atoms with E-state index in [0.717, 1.165) is 22.4 Å². The van der Waals surface area contributed by atoms with Crippen molar-refractivity contribution < 1.29 is 28.3 Å². The van der Waals surface area contributed by atoms with Gasteiger partial charge in [0.2, 0.25) is 17.7 Å². The molecule has 4 amide bonds. The van der Waals surface area contributed by atoms with Gasteiger partial charge in [0, 0.05) is 55.8 Å². The number of aromatic nitrogens is 1. The Morgan fingerprint density at radius 2 is 1.93 bits per heavy atom. The summed E-state index contributed by atoms with van der Waals surface area (Å²) in [4.78, 5) is 57.2. The number of halogens is 1. The van der Waals surface area contributed by atoms with E-state index in [1.807, 2.05) is 12.1 Å². The molecule has 1 unspecified atom stereocenters. The van der Waals surface area contributed by atoms with Crippen LogP contribution in [0.3, 0.4) is 0 Å². The number of rotatable bonds is 11. The topological polar surface area (TPSA) is 121 Å². The highest BCUT2D eigenvalue weighted by atomic mass is 19.1. The number of pyridine rings is 1. The van der Waals surface area contributed by atoms with Crippen LogP contribution in [0.25, 0.3) is 0 Å². The lowest BCUT2D eigenvalue weighted by atomic mass is 9.98. The Balaban J connectivity index is 1.12. The predicted octanol–water partition coefficient (Wildman–Crippen LogP) is 3.05.